The predicted octanol–water partition coefficient (Wildman–Crippen LogP) is 3.68. The van der Waals surface area contributed by atoms with Crippen molar-refractivity contribution in [2.75, 3.05) is 26.4 Å². The Morgan fingerprint density at radius 1 is 1.27 bits per heavy atom. The average Bonchev–Trinajstić information content (AvgIpc) is 2.66. The SMILES string of the molecule is CCN(Cc1cccc2c1OCCO2)C(=O)COc1ccc(F)c(Cl)c1. The number of nitrogens with zero attached hydrogens (tertiary/aromatic N) is 1. The maximum Gasteiger partial charge on any atom is 0.260 e. The number of hydrogen-bond acceptors (Lipinski definition) is 4. The van der Waals surface area contributed by atoms with Crippen LogP contribution < -0.4 is 14.2 Å². The fourth-order valence-corrected chi connectivity index (χ4v) is 2.81. The summed E-state index contributed by atoms with van der Waals surface area (Å²) in [5, 5.41) is -0.0460. The zero-order valence-electron chi connectivity index (χ0n) is 14.3. The minimum absolute atomic E-state index is 0.0460. The van der Waals surface area contributed by atoms with Crippen LogP contribution in [-0.4, -0.2) is 37.2 Å². The molecule has 0 fully saturated rings. The van der Waals surface area contributed by atoms with Crippen LogP contribution in [0.15, 0.2) is 36.4 Å². The van der Waals surface area contributed by atoms with Crippen LogP contribution in [0.4, 0.5) is 4.39 Å². The quantitative estimate of drug-likeness (QED) is 0.768. The molecule has 5 nitrogen and oxygen atoms in total. The Balaban J connectivity index is 1.65. The minimum atomic E-state index is -0.531. The lowest BCUT2D eigenvalue weighted by atomic mass is 10.1. The molecule has 0 N–H and O–H groups in total. The highest BCUT2D eigenvalue weighted by atomic mass is 35.5. The second-order valence-electron chi connectivity index (χ2n) is 5.71. The van der Waals surface area contributed by atoms with E-state index in [9.17, 15) is 9.18 Å². The van der Waals surface area contributed by atoms with Crippen LogP contribution in [0.25, 0.3) is 0 Å². The first-order valence-electron chi connectivity index (χ1n) is 8.31. The first-order chi connectivity index (χ1) is 12.6. The van der Waals surface area contributed by atoms with Crippen molar-refractivity contribution < 1.29 is 23.4 Å². The van der Waals surface area contributed by atoms with Gasteiger partial charge in [0, 0.05) is 24.7 Å². The second-order valence-corrected chi connectivity index (χ2v) is 6.12. The summed E-state index contributed by atoms with van der Waals surface area (Å²) in [4.78, 5) is 14.1. The van der Waals surface area contributed by atoms with E-state index in [0.29, 0.717) is 43.6 Å². The molecule has 1 aliphatic heterocycles. The van der Waals surface area contributed by atoms with Crippen molar-refractivity contribution >= 4 is 17.5 Å². The molecule has 0 aromatic heterocycles. The first kappa shape index (κ1) is 18.3. The number of carbonyl (C=O) groups excluding carboxylic acids is 1. The number of benzene rings is 2. The van der Waals surface area contributed by atoms with Gasteiger partial charge in [-0.05, 0) is 25.1 Å². The summed E-state index contributed by atoms with van der Waals surface area (Å²) in [6, 6.07) is 9.61. The summed E-state index contributed by atoms with van der Waals surface area (Å²) < 4.78 is 29.9. The highest BCUT2D eigenvalue weighted by molar-refractivity contribution is 6.30. The van der Waals surface area contributed by atoms with Crippen LogP contribution in [0.1, 0.15) is 12.5 Å². The van der Waals surface area contributed by atoms with E-state index < -0.39 is 5.82 Å². The third kappa shape index (κ3) is 4.19. The maximum atomic E-state index is 13.2. The Labute approximate surface area is 156 Å². The molecule has 2 aromatic rings. The van der Waals surface area contributed by atoms with E-state index in [1.54, 1.807) is 4.90 Å². The van der Waals surface area contributed by atoms with Crippen molar-refractivity contribution in [3.8, 4) is 17.2 Å². The smallest absolute Gasteiger partial charge is 0.260 e. The number of amides is 1. The molecule has 0 bridgehead atoms. The van der Waals surface area contributed by atoms with Crippen LogP contribution in [0.2, 0.25) is 5.02 Å². The summed E-state index contributed by atoms with van der Waals surface area (Å²) >= 11 is 5.72. The zero-order chi connectivity index (χ0) is 18.5. The maximum absolute atomic E-state index is 13.2. The van der Waals surface area contributed by atoms with E-state index in [-0.39, 0.29) is 17.5 Å². The van der Waals surface area contributed by atoms with Crippen LogP contribution >= 0.6 is 11.6 Å². The second kappa shape index (κ2) is 8.27. The molecule has 0 saturated carbocycles. The Hall–Kier alpha value is -2.47. The molecule has 1 amide bonds. The van der Waals surface area contributed by atoms with E-state index in [1.165, 1.54) is 18.2 Å². The summed E-state index contributed by atoms with van der Waals surface area (Å²) in [5.41, 5.74) is 0.877. The number of fused-ring (bicyclic) bond motifs is 1. The summed E-state index contributed by atoms with van der Waals surface area (Å²) in [6.07, 6.45) is 0. The van der Waals surface area contributed by atoms with Crippen molar-refractivity contribution in [3.05, 3.63) is 52.8 Å². The standard InChI is InChI=1S/C19H19ClFNO4/c1-2-22(11-13-4-3-5-17-19(13)25-9-8-24-17)18(23)12-26-14-6-7-16(21)15(20)10-14/h3-7,10H,2,8-9,11-12H2,1H3. The lowest BCUT2D eigenvalue weighted by Gasteiger charge is -2.25. The van der Waals surface area contributed by atoms with Gasteiger partial charge in [-0.1, -0.05) is 23.7 Å². The van der Waals surface area contributed by atoms with E-state index in [2.05, 4.69) is 0 Å². The average molecular weight is 380 g/mol. The predicted molar refractivity (Wildman–Crippen MR) is 95.4 cm³/mol. The van der Waals surface area contributed by atoms with E-state index in [1.807, 2.05) is 25.1 Å². The molecule has 26 heavy (non-hydrogen) atoms. The third-order valence-electron chi connectivity index (χ3n) is 4.00. The number of likely N-dealkylation sites (N-methyl/N-ethyl adjacent to an activating group) is 1. The van der Waals surface area contributed by atoms with Gasteiger partial charge in [-0.15, -0.1) is 0 Å². The molecule has 1 aliphatic rings. The van der Waals surface area contributed by atoms with Crippen LogP contribution in [0, 0.1) is 5.82 Å². The zero-order valence-corrected chi connectivity index (χ0v) is 15.1. The fraction of sp³-hybridized carbons (Fsp3) is 0.316. The monoisotopic (exact) mass is 379 g/mol. The van der Waals surface area contributed by atoms with Crippen molar-refractivity contribution in [3.63, 3.8) is 0 Å². The molecular formula is C19H19ClFNO4. The summed E-state index contributed by atoms with van der Waals surface area (Å²) in [5.74, 6) is 0.985. The van der Waals surface area contributed by atoms with Gasteiger partial charge in [0.15, 0.2) is 18.1 Å². The van der Waals surface area contributed by atoms with Gasteiger partial charge in [0.1, 0.15) is 24.8 Å². The van der Waals surface area contributed by atoms with Gasteiger partial charge in [0.25, 0.3) is 5.91 Å². The molecule has 138 valence electrons. The van der Waals surface area contributed by atoms with Gasteiger partial charge in [0.05, 0.1) is 5.02 Å². The number of carbonyl (C=O) groups is 1. The molecule has 0 saturated heterocycles. The number of hydrogen-bond donors (Lipinski definition) is 0. The molecule has 2 aromatic carbocycles. The molecule has 7 heteroatoms. The number of halogens is 2. The van der Waals surface area contributed by atoms with Crippen LogP contribution in [0.3, 0.4) is 0 Å². The topological polar surface area (TPSA) is 48.0 Å². The molecule has 0 atom stereocenters. The number of rotatable bonds is 6. The largest absolute Gasteiger partial charge is 0.486 e. The van der Waals surface area contributed by atoms with E-state index >= 15 is 0 Å². The lowest BCUT2D eigenvalue weighted by Crippen LogP contribution is -2.34. The Kier molecular flexibility index (Phi) is 5.83. The molecule has 0 radical (unpaired) electrons. The van der Waals surface area contributed by atoms with Gasteiger partial charge in [-0.3, -0.25) is 4.79 Å². The van der Waals surface area contributed by atoms with Crippen LogP contribution in [-0.2, 0) is 11.3 Å². The molecule has 0 spiro atoms. The van der Waals surface area contributed by atoms with Crippen molar-refractivity contribution in [2.24, 2.45) is 0 Å². The fourth-order valence-electron chi connectivity index (χ4n) is 2.64. The molecule has 0 unspecified atom stereocenters. The van der Waals surface area contributed by atoms with Gasteiger partial charge in [-0.2, -0.15) is 0 Å². The summed E-state index contributed by atoms with van der Waals surface area (Å²) in [7, 11) is 0. The van der Waals surface area contributed by atoms with Gasteiger partial charge in [0.2, 0.25) is 0 Å². The third-order valence-corrected chi connectivity index (χ3v) is 4.29. The number of para-hydroxylation sites is 1. The molecular weight excluding hydrogens is 361 g/mol. The number of ether oxygens (including phenoxy) is 3. The van der Waals surface area contributed by atoms with Gasteiger partial charge in [-0.25, -0.2) is 4.39 Å². The lowest BCUT2D eigenvalue weighted by molar-refractivity contribution is -0.133. The molecule has 0 aliphatic carbocycles. The normalized spacial score (nSPS) is 12.6. The van der Waals surface area contributed by atoms with Gasteiger partial charge < -0.3 is 19.1 Å². The summed E-state index contributed by atoms with van der Waals surface area (Å²) in [6.45, 7) is 3.62. The van der Waals surface area contributed by atoms with Crippen molar-refractivity contribution in [1.29, 1.82) is 0 Å². The molecule has 1 heterocycles. The Morgan fingerprint density at radius 2 is 2.08 bits per heavy atom. The van der Waals surface area contributed by atoms with E-state index in [0.717, 1.165) is 5.56 Å². The highest BCUT2D eigenvalue weighted by Gasteiger charge is 2.20. The van der Waals surface area contributed by atoms with Crippen molar-refractivity contribution in [1.82, 2.24) is 4.90 Å². The first-order valence-corrected chi connectivity index (χ1v) is 8.69. The Bertz CT molecular complexity index is 799. The minimum Gasteiger partial charge on any atom is -0.486 e. The highest BCUT2D eigenvalue weighted by Crippen LogP contribution is 2.34. The van der Waals surface area contributed by atoms with E-state index in [4.69, 9.17) is 25.8 Å². The van der Waals surface area contributed by atoms with Crippen molar-refractivity contribution in [2.45, 2.75) is 13.5 Å². The Morgan fingerprint density at radius 3 is 2.85 bits per heavy atom. The molecule has 3 rings (SSSR count). The van der Waals surface area contributed by atoms with Crippen LogP contribution in [0.5, 0.6) is 17.2 Å². The van der Waals surface area contributed by atoms with Gasteiger partial charge >= 0.3 is 0 Å².